The molecule has 0 heterocycles. The molecular formula is C18H28N2O3. The predicted molar refractivity (Wildman–Crippen MR) is 90.8 cm³/mol. The van der Waals surface area contributed by atoms with Crippen LogP contribution < -0.4 is 15.4 Å². The van der Waals surface area contributed by atoms with Crippen LogP contribution in [0.4, 0.5) is 4.79 Å². The number of carbonyl (C=O) groups excluding carboxylic acids is 1. The molecule has 1 atom stereocenters. The molecule has 1 aromatic rings. The first kappa shape index (κ1) is 17.6. The number of hydrogen-bond donors (Lipinski definition) is 2. The monoisotopic (exact) mass is 320 g/mol. The second kappa shape index (κ2) is 9.40. The van der Waals surface area contributed by atoms with Crippen LogP contribution in [-0.2, 0) is 4.74 Å². The summed E-state index contributed by atoms with van der Waals surface area (Å²) in [5.41, 5.74) is 0.937. The molecule has 5 nitrogen and oxygen atoms in total. The smallest absolute Gasteiger partial charge is 0.315 e. The Morgan fingerprint density at radius 3 is 2.52 bits per heavy atom. The number of methoxy groups -OCH3 is 2. The Morgan fingerprint density at radius 1 is 1.17 bits per heavy atom. The number of hydrogen-bond acceptors (Lipinski definition) is 3. The summed E-state index contributed by atoms with van der Waals surface area (Å²) < 4.78 is 10.9. The summed E-state index contributed by atoms with van der Waals surface area (Å²) in [7, 11) is 3.28. The second-order valence-corrected chi connectivity index (χ2v) is 6.01. The van der Waals surface area contributed by atoms with Crippen LogP contribution in [0.5, 0.6) is 5.75 Å². The normalized spacial score (nSPS) is 17.1. The molecule has 2 amide bonds. The largest absolute Gasteiger partial charge is 0.496 e. The maximum Gasteiger partial charge on any atom is 0.315 e. The van der Waals surface area contributed by atoms with Crippen molar-refractivity contribution in [1.29, 1.82) is 0 Å². The van der Waals surface area contributed by atoms with Gasteiger partial charge in [0, 0.05) is 25.3 Å². The zero-order valence-corrected chi connectivity index (χ0v) is 14.1. The summed E-state index contributed by atoms with van der Waals surface area (Å²) in [6.45, 7) is 0.412. The van der Waals surface area contributed by atoms with Crippen molar-refractivity contribution in [3.63, 3.8) is 0 Å². The Balaban J connectivity index is 1.85. The van der Waals surface area contributed by atoms with E-state index in [1.165, 1.54) is 25.7 Å². The predicted octanol–water partition coefficient (Wildman–Crippen LogP) is 3.40. The van der Waals surface area contributed by atoms with Gasteiger partial charge in [-0.2, -0.15) is 0 Å². The van der Waals surface area contributed by atoms with Crippen molar-refractivity contribution in [1.82, 2.24) is 10.6 Å². The summed E-state index contributed by atoms with van der Waals surface area (Å²) in [5, 5.41) is 6.00. The molecule has 0 bridgehead atoms. The van der Waals surface area contributed by atoms with Crippen molar-refractivity contribution >= 4 is 6.03 Å². The fraction of sp³-hybridized carbons (Fsp3) is 0.611. The summed E-state index contributed by atoms with van der Waals surface area (Å²) in [6.07, 6.45) is 6.88. The molecule has 1 fully saturated rings. The van der Waals surface area contributed by atoms with Gasteiger partial charge in [-0.1, -0.05) is 43.9 Å². The average Bonchev–Trinajstić information content (AvgIpc) is 2.84. The Bertz CT molecular complexity index is 485. The van der Waals surface area contributed by atoms with Crippen LogP contribution in [0.15, 0.2) is 24.3 Å². The molecule has 0 spiro atoms. The van der Waals surface area contributed by atoms with Crippen molar-refractivity contribution in [2.75, 3.05) is 20.8 Å². The number of nitrogens with one attached hydrogen (secondary N) is 2. The third-order valence-corrected chi connectivity index (χ3v) is 4.41. The lowest BCUT2D eigenvalue weighted by Gasteiger charge is -2.21. The first-order valence-electron chi connectivity index (χ1n) is 8.44. The SMILES string of the molecule is COc1ccccc1C(CNC(=O)NC1CCCCCC1)OC. The number of para-hydroxylation sites is 1. The summed E-state index contributed by atoms with van der Waals surface area (Å²) >= 11 is 0. The van der Waals surface area contributed by atoms with E-state index in [9.17, 15) is 4.79 Å². The van der Waals surface area contributed by atoms with E-state index >= 15 is 0 Å². The van der Waals surface area contributed by atoms with E-state index in [1.54, 1.807) is 14.2 Å². The first-order chi connectivity index (χ1) is 11.2. The van der Waals surface area contributed by atoms with Gasteiger partial charge in [0.1, 0.15) is 11.9 Å². The van der Waals surface area contributed by atoms with Crippen LogP contribution in [0.1, 0.15) is 50.2 Å². The second-order valence-electron chi connectivity index (χ2n) is 6.01. The van der Waals surface area contributed by atoms with Crippen molar-refractivity contribution in [2.45, 2.75) is 50.7 Å². The van der Waals surface area contributed by atoms with Crippen molar-refractivity contribution < 1.29 is 14.3 Å². The minimum Gasteiger partial charge on any atom is -0.496 e. The standard InChI is InChI=1S/C18H28N2O3/c1-22-16-12-8-7-11-15(16)17(23-2)13-19-18(21)20-14-9-5-3-4-6-10-14/h7-8,11-12,14,17H,3-6,9-10,13H2,1-2H3,(H2,19,20,21). The molecule has 1 aliphatic carbocycles. The summed E-state index contributed by atoms with van der Waals surface area (Å²) in [5.74, 6) is 0.769. The third-order valence-electron chi connectivity index (χ3n) is 4.41. The van der Waals surface area contributed by atoms with Gasteiger partial charge >= 0.3 is 6.03 Å². The zero-order valence-electron chi connectivity index (χ0n) is 14.1. The number of urea groups is 1. The Hall–Kier alpha value is -1.75. The highest BCUT2D eigenvalue weighted by Crippen LogP contribution is 2.26. The van der Waals surface area contributed by atoms with E-state index in [0.29, 0.717) is 12.6 Å². The molecule has 0 aromatic heterocycles. The summed E-state index contributed by atoms with van der Waals surface area (Å²) in [4.78, 5) is 12.1. The van der Waals surface area contributed by atoms with Gasteiger partial charge in [-0.15, -0.1) is 0 Å². The minimum atomic E-state index is -0.231. The zero-order chi connectivity index (χ0) is 16.5. The number of ether oxygens (including phenoxy) is 2. The van der Waals surface area contributed by atoms with Crippen LogP contribution in [0.2, 0.25) is 0 Å². The van der Waals surface area contributed by atoms with E-state index in [2.05, 4.69) is 10.6 Å². The molecule has 1 aliphatic rings. The van der Waals surface area contributed by atoms with E-state index in [0.717, 1.165) is 24.2 Å². The average molecular weight is 320 g/mol. The van der Waals surface area contributed by atoms with Gasteiger partial charge in [-0.25, -0.2) is 4.79 Å². The highest BCUT2D eigenvalue weighted by molar-refractivity contribution is 5.74. The van der Waals surface area contributed by atoms with Gasteiger partial charge in [-0.3, -0.25) is 0 Å². The fourth-order valence-corrected chi connectivity index (χ4v) is 3.10. The van der Waals surface area contributed by atoms with Crippen molar-refractivity contribution in [3.8, 4) is 5.75 Å². The van der Waals surface area contributed by atoms with Gasteiger partial charge in [0.05, 0.1) is 7.11 Å². The number of benzene rings is 1. The highest BCUT2D eigenvalue weighted by Gasteiger charge is 2.18. The quantitative estimate of drug-likeness (QED) is 0.790. The molecule has 23 heavy (non-hydrogen) atoms. The highest BCUT2D eigenvalue weighted by atomic mass is 16.5. The molecule has 1 unspecified atom stereocenters. The fourth-order valence-electron chi connectivity index (χ4n) is 3.10. The Kier molecular flexibility index (Phi) is 7.20. The van der Waals surface area contributed by atoms with Crippen molar-refractivity contribution in [2.24, 2.45) is 0 Å². The van der Waals surface area contributed by atoms with Gasteiger partial charge < -0.3 is 20.1 Å². The molecule has 2 rings (SSSR count). The van der Waals surface area contributed by atoms with Gasteiger partial charge in [0.15, 0.2) is 0 Å². The molecule has 0 radical (unpaired) electrons. The molecule has 128 valence electrons. The van der Waals surface area contributed by atoms with Gasteiger partial charge in [-0.05, 0) is 18.9 Å². The van der Waals surface area contributed by atoms with Crippen LogP contribution in [-0.4, -0.2) is 32.8 Å². The maximum absolute atomic E-state index is 12.1. The van der Waals surface area contributed by atoms with Crippen LogP contribution in [0.25, 0.3) is 0 Å². The maximum atomic E-state index is 12.1. The number of rotatable bonds is 6. The lowest BCUT2D eigenvalue weighted by atomic mass is 10.1. The number of amides is 2. The third kappa shape index (κ3) is 5.43. The molecule has 0 saturated heterocycles. The number of carbonyl (C=O) groups is 1. The first-order valence-corrected chi connectivity index (χ1v) is 8.44. The van der Waals surface area contributed by atoms with Gasteiger partial charge in [0.2, 0.25) is 0 Å². The molecule has 2 N–H and O–H groups in total. The van der Waals surface area contributed by atoms with E-state index in [4.69, 9.17) is 9.47 Å². The molecular weight excluding hydrogens is 292 g/mol. The van der Waals surface area contributed by atoms with Gasteiger partial charge in [0.25, 0.3) is 0 Å². The lowest BCUT2D eigenvalue weighted by Crippen LogP contribution is -2.43. The molecule has 1 aromatic carbocycles. The molecule has 1 saturated carbocycles. The lowest BCUT2D eigenvalue weighted by molar-refractivity contribution is 0.101. The summed E-state index contributed by atoms with van der Waals surface area (Å²) in [6, 6.07) is 7.89. The van der Waals surface area contributed by atoms with Crippen molar-refractivity contribution in [3.05, 3.63) is 29.8 Å². The van der Waals surface area contributed by atoms with E-state index in [-0.39, 0.29) is 12.1 Å². The van der Waals surface area contributed by atoms with E-state index in [1.807, 2.05) is 24.3 Å². The molecule has 0 aliphatic heterocycles. The van der Waals surface area contributed by atoms with Crippen LogP contribution in [0.3, 0.4) is 0 Å². The Morgan fingerprint density at radius 2 is 1.87 bits per heavy atom. The van der Waals surface area contributed by atoms with Crippen LogP contribution >= 0.6 is 0 Å². The van der Waals surface area contributed by atoms with E-state index < -0.39 is 0 Å². The Labute approximate surface area is 138 Å². The topological polar surface area (TPSA) is 59.6 Å². The molecule has 5 heteroatoms. The minimum absolute atomic E-state index is 0.117. The van der Waals surface area contributed by atoms with Crippen LogP contribution in [0, 0.1) is 0 Å².